The smallest absolute Gasteiger partial charge is 0.326 e. The highest BCUT2D eigenvalue weighted by Crippen LogP contribution is 2.33. The van der Waals surface area contributed by atoms with Crippen molar-refractivity contribution in [3.05, 3.63) is 28.8 Å². The number of carbonyl (C=O) groups excluding carboxylic acids is 1. The zero-order valence-electron chi connectivity index (χ0n) is 11.9. The summed E-state index contributed by atoms with van der Waals surface area (Å²) in [6, 6.07) is 4.09. The van der Waals surface area contributed by atoms with Gasteiger partial charge in [0, 0.05) is 11.6 Å². The Hall–Kier alpha value is -1.75. The third-order valence-electron chi connectivity index (χ3n) is 4.11. The van der Waals surface area contributed by atoms with Gasteiger partial charge in [0.15, 0.2) is 0 Å². The van der Waals surface area contributed by atoms with Crippen LogP contribution in [0.25, 0.3) is 0 Å². The fraction of sp³-hybridized carbons (Fsp3) is 0.467. The quantitative estimate of drug-likeness (QED) is 0.895. The number of aliphatic carboxylic acids is 1. The number of carboxylic acid groups (broad SMARTS) is 1. The van der Waals surface area contributed by atoms with E-state index in [1.165, 1.54) is 0 Å². The molecule has 0 aliphatic carbocycles. The minimum absolute atomic E-state index is 0.306. The van der Waals surface area contributed by atoms with E-state index in [0.717, 1.165) is 12.8 Å². The van der Waals surface area contributed by atoms with Gasteiger partial charge < -0.3 is 15.7 Å². The number of amides is 1. The number of piperidine rings is 1. The number of primary amides is 1. The molecule has 2 atom stereocenters. The van der Waals surface area contributed by atoms with Crippen molar-refractivity contribution >= 4 is 29.2 Å². The maximum Gasteiger partial charge on any atom is 0.326 e. The molecule has 2 unspecified atom stereocenters. The number of halogens is 1. The Morgan fingerprint density at radius 2 is 2.19 bits per heavy atom. The van der Waals surface area contributed by atoms with Crippen LogP contribution in [0.4, 0.5) is 5.69 Å². The first kappa shape index (κ1) is 15.6. The minimum atomic E-state index is -0.886. The second-order valence-corrected chi connectivity index (χ2v) is 5.81. The SMILES string of the molecule is CCC1CCN(c2cc(Cl)ccc2C(N)=O)C(C(=O)O)C1. The Morgan fingerprint density at radius 3 is 2.76 bits per heavy atom. The van der Waals surface area contributed by atoms with Gasteiger partial charge in [-0.1, -0.05) is 24.9 Å². The van der Waals surface area contributed by atoms with E-state index in [0.29, 0.717) is 35.2 Å². The fourth-order valence-corrected chi connectivity index (χ4v) is 3.05. The predicted molar refractivity (Wildman–Crippen MR) is 81.8 cm³/mol. The Balaban J connectivity index is 2.41. The first-order valence-electron chi connectivity index (χ1n) is 7.02. The molecule has 21 heavy (non-hydrogen) atoms. The van der Waals surface area contributed by atoms with Crippen molar-refractivity contribution in [2.24, 2.45) is 11.7 Å². The molecule has 114 valence electrons. The lowest BCUT2D eigenvalue weighted by atomic mass is 9.88. The summed E-state index contributed by atoms with van der Waals surface area (Å²) in [6.07, 6.45) is 2.41. The molecule has 1 amide bonds. The van der Waals surface area contributed by atoms with E-state index >= 15 is 0 Å². The molecule has 1 aliphatic rings. The Labute approximate surface area is 128 Å². The van der Waals surface area contributed by atoms with Gasteiger partial charge in [0.1, 0.15) is 6.04 Å². The lowest BCUT2D eigenvalue weighted by molar-refractivity contribution is -0.139. The van der Waals surface area contributed by atoms with Gasteiger partial charge in [-0.05, 0) is 37.0 Å². The van der Waals surface area contributed by atoms with Crippen LogP contribution in [0.3, 0.4) is 0 Å². The Kier molecular flexibility index (Phi) is 4.73. The average Bonchev–Trinajstić information content (AvgIpc) is 2.46. The van der Waals surface area contributed by atoms with E-state index in [1.54, 1.807) is 23.1 Å². The van der Waals surface area contributed by atoms with Gasteiger partial charge in [0.2, 0.25) is 0 Å². The van der Waals surface area contributed by atoms with Crippen LogP contribution in [-0.2, 0) is 4.79 Å². The Bertz CT molecular complexity index is 562. The zero-order chi connectivity index (χ0) is 15.6. The highest BCUT2D eigenvalue weighted by molar-refractivity contribution is 6.31. The molecule has 3 N–H and O–H groups in total. The van der Waals surface area contributed by atoms with Gasteiger partial charge in [-0.2, -0.15) is 0 Å². The summed E-state index contributed by atoms with van der Waals surface area (Å²) in [5, 5.41) is 9.95. The summed E-state index contributed by atoms with van der Waals surface area (Å²) in [7, 11) is 0. The molecular weight excluding hydrogens is 292 g/mol. The lowest BCUT2D eigenvalue weighted by Crippen LogP contribution is -2.48. The molecule has 5 nitrogen and oxygen atoms in total. The van der Waals surface area contributed by atoms with Crippen LogP contribution >= 0.6 is 11.6 Å². The van der Waals surface area contributed by atoms with Crippen LogP contribution in [0, 0.1) is 5.92 Å². The average molecular weight is 311 g/mol. The number of hydrogen-bond donors (Lipinski definition) is 2. The maximum absolute atomic E-state index is 11.6. The van der Waals surface area contributed by atoms with E-state index in [1.807, 2.05) is 0 Å². The molecule has 1 heterocycles. The first-order valence-corrected chi connectivity index (χ1v) is 7.40. The summed E-state index contributed by atoms with van der Waals surface area (Å²) in [6.45, 7) is 2.64. The molecule has 0 saturated carbocycles. The van der Waals surface area contributed by atoms with Crippen LogP contribution < -0.4 is 10.6 Å². The molecule has 0 spiro atoms. The van der Waals surface area contributed by atoms with Crippen molar-refractivity contribution in [3.8, 4) is 0 Å². The van der Waals surface area contributed by atoms with Crippen molar-refractivity contribution in [2.75, 3.05) is 11.4 Å². The number of anilines is 1. The fourth-order valence-electron chi connectivity index (χ4n) is 2.88. The van der Waals surface area contributed by atoms with Gasteiger partial charge in [0.25, 0.3) is 5.91 Å². The summed E-state index contributed by atoms with van der Waals surface area (Å²) >= 11 is 6.00. The molecule has 1 aliphatic heterocycles. The maximum atomic E-state index is 11.6. The molecule has 1 aromatic rings. The van der Waals surface area contributed by atoms with Crippen LogP contribution in [0.1, 0.15) is 36.5 Å². The largest absolute Gasteiger partial charge is 0.480 e. The molecule has 1 saturated heterocycles. The van der Waals surface area contributed by atoms with Gasteiger partial charge in [-0.3, -0.25) is 4.79 Å². The lowest BCUT2D eigenvalue weighted by Gasteiger charge is -2.39. The zero-order valence-corrected chi connectivity index (χ0v) is 12.6. The summed E-state index contributed by atoms with van der Waals surface area (Å²) < 4.78 is 0. The number of carbonyl (C=O) groups is 2. The number of nitrogens with zero attached hydrogens (tertiary/aromatic N) is 1. The van der Waals surface area contributed by atoms with Gasteiger partial charge in [0.05, 0.1) is 11.3 Å². The monoisotopic (exact) mass is 310 g/mol. The number of rotatable bonds is 4. The van der Waals surface area contributed by atoms with Crippen LogP contribution in [0.5, 0.6) is 0 Å². The summed E-state index contributed by atoms with van der Waals surface area (Å²) in [4.78, 5) is 24.9. The van der Waals surface area contributed by atoms with Gasteiger partial charge in [-0.15, -0.1) is 0 Å². The van der Waals surface area contributed by atoms with E-state index in [9.17, 15) is 14.7 Å². The normalized spacial score (nSPS) is 22.1. The first-order chi connectivity index (χ1) is 9.93. The standard InChI is InChI=1S/C15H19ClN2O3/c1-2-9-5-6-18(13(7-9)15(20)21)12-8-10(16)3-4-11(12)14(17)19/h3-4,8-9,13H,2,5-7H2,1H3,(H2,17,19)(H,20,21). The van der Waals surface area contributed by atoms with Crippen LogP contribution in [0.15, 0.2) is 18.2 Å². The predicted octanol–water partition coefficient (Wildman–Crippen LogP) is 2.52. The van der Waals surface area contributed by atoms with Crippen molar-refractivity contribution < 1.29 is 14.7 Å². The molecule has 0 radical (unpaired) electrons. The van der Waals surface area contributed by atoms with Crippen molar-refractivity contribution in [1.29, 1.82) is 0 Å². The van der Waals surface area contributed by atoms with Crippen molar-refractivity contribution in [3.63, 3.8) is 0 Å². The molecule has 1 fully saturated rings. The van der Waals surface area contributed by atoms with E-state index < -0.39 is 17.9 Å². The molecule has 0 aromatic heterocycles. The van der Waals surface area contributed by atoms with E-state index in [4.69, 9.17) is 17.3 Å². The van der Waals surface area contributed by atoms with E-state index in [2.05, 4.69) is 6.92 Å². The highest BCUT2D eigenvalue weighted by atomic mass is 35.5. The highest BCUT2D eigenvalue weighted by Gasteiger charge is 2.34. The molecule has 1 aromatic carbocycles. The third kappa shape index (κ3) is 3.29. The van der Waals surface area contributed by atoms with Crippen molar-refractivity contribution in [1.82, 2.24) is 0 Å². The molecular formula is C15H19ClN2O3. The van der Waals surface area contributed by atoms with Gasteiger partial charge >= 0.3 is 5.97 Å². The second-order valence-electron chi connectivity index (χ2n) is 5.37. The van der Waals surface area contributed by atoms with Crippen LogP contribution in [-0.4, -0.2) is 29.6 Å². The number of nitrogens with two attached hydrogens (primary N) is 1. The van der Waals surface area contributed by atoms with Gasteiger partial charge in [-0.25, -0.2) is 4.79 Å². The summed E-state index contributed by atoms with van der Waals surface area (Å²) in [5.74, 6) is -1.08. The number of carboxylic acids is 1. The Morgan fingerprint density at radius 1 is 1.48 bits per heavy atom. The van der Waals surface area contributed by atoms with Crippen LogP contribution in [0.2, 0.25) is 5.02 Å². The minimum Gasteiger partial charge on any atom is -0.480 e. The topological polar surface area (TPSA) is 83.6 Å². The molecule has 2 rings (SSSR count). The molecule has 0 bridgehead atoms. The third-order valence-corrected chi connectivity index (χ3v) is 4.34. The summed E-state index contributed by atoms with van der Waals surface area (Å²) in [5.41, 5.74) is 6.21. The van der Waals surface area contributed by atoms with E-state index in [-0.39, 0.29) is 0 Å². The second kappa shape index (κ2) is 6.35. The van der Waals surface area contributed by atoms with Crippen molar-refractivity contribution in [2.45, 2.75) is 32.2 Å². The number of benzene rings is 1. The molecule has 6 heteroatoms. The number of hydrogen-bond acceptors (Lipinski definition) is 3.